The van der Waals surface area contributed by atoms with Gasteiger partial charge in [0.05, 0.1) is 13.0 Å². The van der Waals surface area contributed by atoms with E-state index < -0.39 is 30.7 Å². The Morgan fingerprint density at radius 2 is 2.18 bits per heavy atom. The molecule has 0 saturated heterocycles. The quantitative estimate of drug-likeness (QED) is 0.862. The molecule has 1 saturated carbocycles. The zero-order valence-electron chi connectivity index (χ0n) is 20.7. The van der Waals surface area contributed by atoms with E-state index in [9.17, 15) is 0 Å². The number of benzene rings is 1. The lowest BCUT2D eigenvalue weighted by Crippen LogP contribution is -2.48. The number of nitrogens with zero attached hydrogens (tertiary/aromatic N) is 3. The van der Waals surface area contributed by atoms with Crippen LogP contribution < -0.4 is 5.73 Å². The van der Waals surface area contributed by atoms with E-state index in [1.807, 2.05) is 25.1 Å². The summed E-state index contributed by atoms with van der Waals surface area (Å²) < 4.78 is 51.1. The van der Waals surface area contributed by atoms with Gasteiger partial charge in [0.1, 0.15) is 18.4 Å². The molecule has 5 rings (SSSR count). The summed E-state index contributed by atoms with van der Waals surface area (Å²) >= 11 is 0. The largest absolute Gasteiger partial charge is 0.462 e. The molecule has 1 aromatic carbocycles. The Morgan fingerprint density at radius 3 is 2.89 bits per heavy atom. The molecular formula is C22H26N4O2. The summed E-state index contributed by atoms with van der Waals surface area (Å²) in [7, 11) is -2.47. The molecule has 1 fully saturated rings. The molecule has 0 unspecified atom stereocenters. The maximum atomic E-state index is 8.89. The first-order valence-corrected chi connectivity index (χ1v) is 9.57. The van der Waals surface area contributed by atoms with Crippen LogP contribution in [0.1, 0.15) is 44.2 Å². The number of hydrogen-bond acceptors (Lipinski definition) is 6. The molecule has 1 aromatic heterocycles. The summed E-state index contributed by atoms with van der Waals surface area (Å²) in [6.45, 7) is -0.204. The van der Waals surface area contributed by atoms with Gasteiger partial charge in [-0.1, -0.05) is 19.1 Å². The van der Waals surface area contributed by atoms with Gasteiger partial charge in [0, 0.05) is 30.4 Å². The monoisotopic (exact) mass is 383 g/mol. The third-order valence-electron chi connectivity index (χ3n) is 6.68. The summed E-state index contributed by atoms with van der Waals surface area (Å²) in [5, 5.41) is 0. The van der Waals surface area contributed by atoms with Crippen molar-refractivity contribution < 1.29 is 16.3 Å². The van der Waals surface area contributed by atoms with Crippen molar-refractivity contribution in [3.05, 3.63) is 48.0 Å². The van der Waals surface area contributed by atoms with Crippen LogP contribution in [-0.4, -0.2) is 35.7 Å². The van der Waals surface area contributed by atoms with Crippen LogP contribution in [0.4, 0.5) is 0 Å². The van der Waals surface area contributed by atoms with E-state index in [1.165, 1.54) is 6.33 Å². The number of aromatic nitrogens is 2. The molecule has 2 spiro atoms. The molecule has 0 radical (unpaired) electrons. The second kappa shape index (κ2) is 6.27. The maximum absolute atomic E-state index is 8.89. The van der Waals surface area contributed by atoms with E-state index >= 15 is 0 Å². The molecule has 2 aliphatic carbocycles. The van der Waals surface area contributed by atoms with Gasteiger partial charge in [0.2, 0.25) is 0 Å². The average Bonchev–Trinajstić information content (AvgIpc) is 3.14. The van der Waals surface area contributed by atoms with Gasteiger partial charge in [0.25, 0.3) is 6.02 Å². The Balaban J connectivity index is 1.62. The lowest BCUT2D eigenvalue weighted by atomic mass is 9.59. The minimum absolute atomic E-state index is 0.111. The predicted octanol–water partition coefficient (Wildman–Crippen LogP) is 3.06. The Morgan fingerprint density at radius 1 is 1.32 bits per heavy atom. The molecule has 6 heteroatoms. The summed E-state index contributed by atoms with van der Waals surface area (Å²) in [6.07, 6.45) is 6.60. The molecule has 1 aliphatic heterocycles. The van der Waals surface area contributed by atoms with Crippen molar-refractivity contribution in [2.24, 2.45) is 22.1 Å². The molecule has 4 atom stereocenters. The molecule has 0 amide bonds. The molecule has 146 valence electrons. The van der Waals surface area contributed by atoms with Crippen molar-refractivity contribution >= 4 is 6.02 Å². The molecule has 28 heavy (non-hydrogen) atoms. The Bertz CT molecular complexity index is 1110. The highest BCUT2D eigenvalue weighted by Gasteiger charge is 2.62. The molecule has 2 heterocycles. The fraction of sp³-hybridized carbons (Fsp3) is 0.500. The summed E-state index contributed by atoms with van der Waals surface area (Å²) in [5.74, 6) is -0.111. The van der Waals surface area contributed by atoms with Gasteiger partial charge in [-0.25, -0.2) is 15.0 Å². The zero-order chi connectivity index (χ0) is 23.6. The lowest BCUT2D eigenvalue weighted by Gasteiger charge is -2.47. The summed E-state index contributed by atoms with van der Waals surface area (Å²) in [6, 6.07) is 5.76. The van der Waals surface area contributed by atoms with E-state index in [0.717, 1.165) is 22.3 Å². The van der Waals surface area contributed by atoms with Gasteiger partial charge < -0.3 is 15.2 Å². The first-order chi connectivity index (χ1) is 15.5. The molecule has 3 aliphatic rings. The number of ether oxygens (including phenoxy) is 2. The van der Waals surface area contributed by atoms with E-state index in [1.54, 1.807) is 12.4 Å². The van der Waals surface area contributed by atoms with Crippen LogP contribution in [0.2, 0.25) is 0 Å². The van der Waals surface area contributed by atoms with E-state index in [0.29, 0.717) is 25.7 Å². The summed E-state index contributed by atoms with van der Waals surface area (Å²) in [5.41, 5.74) is 7.42. The minimum atomic E-state index is -2.47. The number of nitrogens with two attached hydrogens (primary N) is 1. The van der Waals surface area contributed by atoms with Crippen molar-refractivity contribution in [2.45, 2.75) is 44.2 Å². The SMILES string of the molecule is [2H]C([2H])([2H])O[C@@H]1CC[C@]2(Cc3ccc(-c4cncnc4)cc3[C@@]23N=C(N)OC3([2H])[2H])C[C@H]1C. The van der Waals surface area contributed by atoms with Gasteiger partial charge in [-0.2, -0.15) is 0 Å². The second-order valence-corrected chi connectivity index (χ2v) is 8.20. The van der Waals surface area contributed by atoms with Crippen LogP contribution in [-0.2, 0) is 21.4 Å². The number of hydrogen-bond donors (Lipinski definition) is 1. The number of aliphatic imine (C=N–C) groups is 1. The Labute approximate surface area is 172 Å². The molecular weight excluding hydrogens is 352 g/mol. The number of methoxy groups -OCH3 is 1. The zero-order valence-corrected chi connectivity index (χ0v) is 15.7. The second-order valence-electron chi connectivity index (χ2n) is 8.20. The van der Waals surface area contributed by atoms with Crippen molar-refractivity contribution in [3.63, 3.8) is 0 Å². The van der Waals surface area contributed by atoms with E-state index in [-0.39, 0.29) is 11.9 Å². The molecule has 0 bridgehead atoms. The highest BCUT2D eigenvalue weighted by molar-refractivity contribution is 5.75. The van der Waals surface area contributed by atoms with Gasteiger partial charge >= 0.3 is 0 Å². The van der Waals surface area contributed by atoms with Crippen LogP contribution in [0.25, 0.3) is 11.1 Å². The Kier molecular flexibility index (Phi) is 2.89. The third kappa shape index (κ3) is 2.40. The smallest absolute Gasteiger partial charge is 0.283 e. The highest BCUT2D eigenvalue weighted by atomic mass is 16.5. The fourth-order valence-electron chi connectivity index (χ4n) is 5.37. The first kappa shape index (κ1) is 12.9. The molecule has 2 aromatic rings. The average molecular weight is 384 g/mol. The van der Waals surface area contributed by atoms with E-state index in [4.69, 9.17) is 22.1 Å². The van der Waals surface area contributed by atoms with Crippen molar-refractivity contribution in [1.82, 2.24) is 9.97 Å². The lowest BCUT2D eigenvalue weighted by molar-refractivity contribution is -0.0445. The number of amidine groups is 1. The maximum Gasteiger partial charge on any atom is 0.283 e. The highest BCUT2D eigenvalue weighted by Crippen LogP contribution is 2.62. The first-order valence-electron chi connectivity index (χ1n) is 12.1. The molecule has 6 nitrogen and oxygen atoms in total. The van der Waals surface area contributed by atoms with Crippen LogP contribution >= 0.6 is 0 Å². The third-order valence-corrected chi connectivity index (χ3v) is 6.68. The summed E-state index contributed by atoms with van der Waals surface area (Å²) in [4.78, 5) is 12.9. The predicted molar refractivity (Wildman–Crippen MR) is 107 cm³/mol. The minimum Gasteiger partial charge on any atom is -0.462 e. The van der Waals surface area contributed by atoms with Crippen LogP contribution in [0, 0.1) is 11.3 Å². The van der Waals surface area contributed by atoms with Gasteiger partial charge in [-0.15, -0.1) is 0 Å². The van der Waals surface area contributed by atoms with E-state index in [2.05, 4.69) is 15.0 Å². The topological polar surface area (TPSA) is 82.6 Å². The van der Waals surface area contributed by atoms with Gasteiger partial charge in [0.15, 0.2) is 0 Å². The fourth-order valence-corrected chi connectivity index (χ4v) is 5.37. The van der Waals surface area contributed by atoms with Gasteiger partial charge in [-0.05, 0) is 54.4 Å². The normalized spacial score (nSPS) is 38.6. The Hall–Kier alpha value is -2.47. The number of rotatable bonds is 2. The number of fused-ring (bicyclic) bond motifs is 3. The van der Waals surface area contributed by atoms with Gasteiger partial charge in [-0.3, -0.25) is 0 Å². The van der Waals surface area contributed by atoms with Crippen molar-refractivity contribution in [3.8, 4) is 11.1 Å². The molecule has 2 N–H and O–H groups in total. The van der Waals surface area contributed by atoms with Crippen LogP contribution in [0.15, 0.2) is 41.9 Å². The standard InChI is InChI=1S/C22H26N4O2/c1-14-8-21(6-5-19(14)27-2)9-16-4-3-15(17-10-24-13-25-11-17)7-18(16)22(21)12-28-20(23)26-22/h3-4,7,10-11,13-14,19H,5-6,8-9,12H2,1-2H3,(H2,23,26)/t14-,19-,21-,22-/m1/s1/i2D3,12D2. The van der Waals surface area contributed by atoms with Crippen molar-refractivity contribution in [1.29, 1.82) is 0 Å². The van der Waals surface area contributed by atoms with Crippen LogP contribution in [0.3, 0.4) is 0 Å². The van der Waals surface area contributed by atoms with Crippen molar-refractivity contribution in [2.75, 3.05) is 13.6 Å². The van der Waals surface area contributed by atoms with Crippen LogP contribution in [0.5, 0.6) is 0 Å².